The Bertz CT molecular complexity index is 527. The molecule has 0 aliphatic carbocycles. The largest absolute Gasteiger partial charge is 0.241 e. The van der Waals surface area contributed by atoms with Gasteiger partial charge in [-0.05, 0) is 0 Å². The summed E-state index contributed by atoms with van der Waals surface area (Å²) >= 11 is 0. The highest BCUT2D eigenvalue weighted by atomic mass is 13.9. The summed E-state index contributed by atoms with van der Waals surface area (Å²) in [5.41, 5.74) is 4.00. The van der Waals surface area contributed by atoms with Crippen molar-refractivity contribution >= 4 is 31.5 Å². The first-order valence-corrected chi connectivity index (χ1v) is 6.60. The van der Waals surface area contributed by atoms with Gasteiger partial charge in [0.05, 0.1) is 8.41 Å². The Morgan fingerprint density at radius 3 is 0.900 bits per heavy atom. The molecule has 0 heterocycles. The average molecular weight is 256 g/mol. The molecule has 0 bridgehead atoms. The molecule has 0 unspecified atom stereocenters. The first kappa shape index (κ1) is 14.2. The van der Waals surface area contributed by atoms with E-state index in [1.165, 1.54) is 16.4 Å². The molecule has 0 fully saturated rings. The minimum atomic E-state index is 0. The molecule has 0 spiro atoms. The first-order valence-electron chi connectivity index (χ1n) is 6.60. The van der Waals surface area contributed by atoms with Gasteiger partial charge >= 0.3 is 0 Å². The number of rotatable bonds is 3. The molecule has 96 valence electrons. The van der Waals surface area contributed by atoms with Crippen LogP contribution in [0.2, 0.25) is 0 Å². The van der Waals surface area contributed by atoms with Gasteiger partial charge in [-0.2, -0.15) is 0 Å². The van der Waals surface area contributed by atoms with Crippen molar-refractivity contribution in [3.05, 3.63) is 91.0 Å². The van der Waals surface area contributed by atoms with Gasteiger partial charge in [0.25, 0.3) is 0 Å². The molecule has 3 aromatic rings. The Morgan fingerprint density at radius 1 is 0.400 bits per heavy atom. The highest BCUT2D eigenvalue weighted by Gasteiger charge is 2.20. The van der Waals surface area contributed by atoms with E-state index in [9.17, 15) is 0 Å². The van der Waals surface area contributed by atoms with Crippen molar-refractivity contribution in [2.45, 2.75) is 0 Å². The van der Waals surface area contributed by atoms with Crippen LogP contribution in [0.15, 0.2) is 91.0 Å². The molecule has 3 aromatic carbocycles. The molecule has 0 aliphatic rings. The second kappa shape index (κ2) is 6.81. The molecule has 0 aromatic heterocycles. The topological polar surface area (TPSA) is 0 Å². The van der Waals surface area contributed by atoms with Gasteiger partial charge in [0.2, 0.25) is 6.71 Å². The summed E-state index contributed by atoms with van der Waals surface area (Å²) in [5.74, 6) is 0. The number of benzene rings is 3. The lowest BCUT2D eigenvalue weighted by atomic mass is 9.37. The zero-order valence-corrected chi connectivity index (χ0v) is 10.7. The molecule has 0 atom stereocenters. The fourth-order valence-electron chi connectivity index (χ4n) is 2.51. The minimum Gasteiger partial charge on any atom is -0.0687 e. The average Bonchev–Trinajstić information content (AvgIpc) is 2.51. The van der Waals surface area contributed by atoms with Gasteiger partial charge in [0, 0.05) is 0 Å². The maximum Gasteiger partial charge on any atom is 0.241 e. The highest BCUT2D eigenvalue weighted by molar-refractivity contribution is 6.95. The van der Waals surface area contributed by atoms with Gasteiger partial charge in [-0.1, -0.05) is 107 Å². The van der Waals surface area contributed by atoms with Crippen molar-refractivity contribution in [2.75, 3.05) is 0 Å². The monoisotopic (exact) mass is 256 g/mol. The molecule has 0 saturated heterocycles. The van der Waals surface area contributed by atoms with Gasteiger partial charge in [0.1, 0.15) is 0 Å². The van der Waals surface area contributed by atoms with E-state index in [2.05, 4.69) is 91.0 Å². The Labute approximate surface area is 123 Å². The van der Waals surface area contributed by atoms with Crippen molar-refractivity contribution in [1.29, 1.82) is 0 Å². The van der Waals surface area contributed by atoms with Gasteiger partial charge in [-0.25, -0.2) is 0 Å². The van der Waals surface area contributed by atoms with E-state index >= 15 is 0 Å². The zero-order valence-electron chi connectivity index (χ0n) is 10.7. The van der Waals surface area contributed by atoms with Gasteiger partial charge in [-0.3, -0.25) is 0 Å². The molecular weight excluding hydrogens is 238 g/mol. The van der Waals surface area contributed by atoms with E-state index in [0.29, 0.717) is 6.71 Å². The van der Waals surface area contributed by atoms with Crippen molar-refractivity contribution in [2.24, 2.45) is 0 Å². The highest BCUT2D eigenvalue weighted by Crippen LogP contribution is 1.95. The number of hydrogen-bond acceptors (Lipinski definition) is 0. The normalized spacial score (nSPS) is 9.60. The molecule has 0 saturated carbocycles. The van der Waals surface area contributed by atoms with Crippen LogP contribution in [0.5, 0.6) is 0 Å². The van der Waals surface area contributed by atoms with Crippen LogP contribution in [-0.2, 0) is 0 Å². The molecule has 0 nitrogen and oxygen atoms in total. The van der Waals surface area contributed by atoms with Crippen LogP contribution in [0.3, 0.4) is 0 Å². The Morgan fingerprint density at radius 2 is 0.650 bits per heavy atom. The van der Waals surface area contributed by atoms with Gasteiger partial charge in [0.15, 0.2) is 0 Å². The van der Waals surface area contributed by atoms with Crippen LogP contribution in [0, 0.1) is 0 Å². The van der Waals surface area contributed by atoms with Crippen molar-refractivity contribution in [3.63, 3.8) is 0 Å². The quantitative estimate of drug-likeness (QED) is 0.614. The third-order valence-corrected chi connectivity index (χ3v) is 3.40. The van der Waals surface area contributed by atoms with Gasteiger partial charge < -0.3 is 0 Å². The van der Waals surface area contributed by atoms with Crippen molar-refractivity contribution in [1.82, 2.24) is 0 Å². The van der Waals surface area contributed by atoms with E-state index in [4.69, 9.17) is 0 Å². The Balaban J connectivity index is 0.00000147. The van der Waals surface area contributed by atoms with Crippen LogP contribution < -0.4 is 16.4 Å². The maximum absolute atomic E-state index is 2.20. The summed E-state index contributed by atoms with van der Waals surface area (Å²) in [6.07, 6.45) is 0. The molecule has 0 aliphatic heterocycles. The lowest BCUT2D eigenvalue weighted by molar-refractivity contribution is 1.71. The molecule has 0 amide bonds. The minimum absolute atomic E-state index is 0. The maximum atomic E-state index is 2.20. The summed E-state index contributed by atoms with van der Waals surface area (Å²) < 4.78 is 0. The van der Waals surface area contributed by atoms with Crippen molar-refractivity contribution < 1.29 is 0 Å². The zero-order chi connectivity index (χ0) is 12.9. The third-order valence-electron chi connectivity index (χ3n) is 3.40. The second-order valence-corrected chi connectivity index (χ2v) is 4.67. The van der Waals surface area contributed by atoms with Crippen LogP contribution in [0.4, 0.5) is 0 Å². The van der Waals surface area contributed by atoms with Crippen molar-refractivity contribution in [3.8, 4) is 0 Å². The predicted octanol–water partition coefficient (Wildman–Crippen LogP) is 1.02. The molecule has 2 heteroatoms. The Hall–Kier alpha value is -2.21. The summed E-state index contributed by atoms with van der Waals surface area (Å²) in [6, 6.07) is 32.0. The second-order valence-electron chi connectivity index (χ2n) is 4.67. The fourth-order valence-corrected chi connectivity index (χ4v) is 2.51. The van der Waals surface area contributed by atoms with E-state index < -0.39 is 0 Å². The Kier molecular flexibility index (Phi) is 4.84. The molecular formula is C18H18B2. The molecule has 20 heavy (non-hydrogen) atoms. The van der Waals surface area contributed by atoms with Crippen LogP contribution in [-0.4, -0.2) is 15.1 Å². The molecule has 0 radical (unpaired) electrons. The summed E-state index contributed by atoms with van der Waals surface area (Å²) in [4.78, 5) is 0. The SMILES string of the molecule is B.c1ccc(B(c2ccccc2)c2ccccc2)cc1. The molecule has 3 rings (SSSR count). The molecule has 0 N–H and O–H groups in total. The summed E-state index contributed by atoms with van der Waals surface area (Å²) in [7, 11) is 0. The van der Waals surface area contributed by atoms with E-state index in [1.807, 2.05) is 0 Å². The third kappa shape index (κ3) is 3.03. The number of hydrogen-bond donors (Lipinski definition) is 0. The smallest absolute Gasteiger partial charge is 0.0687 e. The van der Waals surface area contributed by atoms with Crippen LogP contribution in [0.25, 0.3) is 0 Å². The standard InChI is InChI=1S/C18H15B.BH3/c1-4-10-16(11-5-1)19(17-12-6-2-7-13-17)18-14-8-3-9-15-18;/h1-15H;1H3. The first-order chi connectivity index (χ1) is 9.45. The lowest BCUT2D eigenvalue weighted by Crippen LogP contribution is -2.51. The summed E-state index contributed by atoms with van der Waals surface area (Å²) in [5, 5.41) is 0. The van der Waals surface area contributed by atoms with Crippen LogP contribution in [0.1, 0.15) is 0 Å². The van der Waals surface area contributed by atoms with E-state index in [0.717, 1.165) is 0 Å². The fraction of sp³-hybridized carbons (Fsp3) is 0. The van der Waals surface area contributed by atoms with E-state index in [1.54, 1.807) is 0 Å². The van der Waals surface area contributed by atoms with E-state index in [-0.39, 0.29) is 8.41 Å². The lowest BCUT2D eigenvalue weighted by Gasteiger charge is -2.15. The van der Waals surface area contributed by atoms with Crippen LogP contribution >= 0.6 is 0 Å². The summed E-state index contributed by atoms with van der Waals surface area (Å²) in [6.45, 7) is 0.309. The van der Waals surface area contributed by atoms with Gasteiger partial charge in [-0.15, -0.1) is 0 Å². The predicted molar refractivity (Wildman–Crippen MR) is 93.9 cm³/mol.